The molecule has 2 amide bonds. The molecule has 1 aliphatic heterocycles. The van der Waals surface area contributed by atoms with Crippen LogP contribution in [0.4, 0.5) is 0 Å². The molecule has 106 valence electrons. The molecule has 21 heavy (non-hydrogen) atoms. The summed E-state index contributed by atoms with van der Waals surface area (Å²) in [5.74, 6) is -1.07. The summed E-state index contributed by atoms with van der Waals surface area (Å²) in [5, 5.41) is 0. The molecule has 0 saturated carbocycles. The van der Waals surface area contributed by atoms with Crippen LogP contribution in [0.1, 0.15) is 36.4 Å². The minimum absolute atomic E-state index is 0. The smallest absolute Gasteiger partial charge is 1.00 e. The zero-order valence-corrected chi connectivity index (χ0v) is 19.1. The maximum atomic E-state index is 11.9. The second kappa shape index (κ2) is 9.75. The second-order valence-corrected chi connectivity index (χ2v) is 5.87. The number of hydrogen-bond donors (Lipinski definition) is 1. The van der Waals surface area contributed by atoms with Crippen molar-refractivity contribution in [2.45, 2.75) is 12.8 Å². The van der Waals surface area contributed by atoms with Crippen LogP contribution in [0.5, 0.6) is 0 Å². The fourth-order valence-corrected chi connectivity index (χ4v) is 2.57. The number of carbonyl (C=O) groups excluding carboxylic acids is 2. The van der Waals surface area contributed by atoms with E-state index < -0.39 is 10.1 Å². The molecule has 1 N–H and O–H groups in total. The van der Waals surface area contributed by atoms with E-state index in [2.05, 4.69) is 0 Å². The molecule has 0 bridgehead atoms. The zero-order chi connectivity index (χ0) is 14.0. The van der Waals surface area contributed by atoms with E-state index in [1.807, 2.05) is 0 Å². The Morgan fingerprint density at radius 2 is 1.48 bits per heavy atom. The molecule has 0 unspecified atom stereocenters. The van der Waals surface area contributed by atoms with Gasteiger partial charge in [-0.3, -0.25) is 19.0 Å². The number of unbranched alkanes of at least 4 members (excludes halogenated alkanes) is 1. The Kier molecular flexibility index (Phi) is 10.5. The number of carbonyl (C=O) groups is 2. The first kappa shape index (κ1) is 22.5. The normalized spacial score (nSPS) is 13.5. The number of rotatable bonds is 5. The molecule has 1 heterocycles. The number of amides is 2. The monoisotopic (exact) mass is 363 g/mol. The van der Waals surface area contributed by atoms with Crippen molar-refractivity contribution >= 4 is 21.9 Å². The van der Waals surface area contributed by atoms with Crippen LogP contribution >= 0.6 is 0 Å². The summed E-state index contributed by atoms with van der Waals surface area (Å²) in [6, 6.07) is 6.55. The van der Waals surface area contributed by atoms with E-state index in [0.29, 0.717) is 17.5 Å². The van der Waals surface area contributed by atoms with E-state index in [9.17, 15) is 18.0 Å². The number of fused-ring (bicyclic) bond motifs is 1. The van der Waals surface area contributed by atoms with Gasteiger partial charge in [-0.25, -0.2) is 0 Å². The molecule has 6 nitrogen and oxygen atoms in total. The molecule has 1 aromatic carbocycles. The summed E-state index contributed by atoms with van der Waals surface area (Å²) < 4.78 is 29.7. The first-order chi connectivity index (χ1) is 8.90. The van der Waals surface area contributed by atoms with E-state index in [4.69, 9.17) is 4.55 Å². The predicted molar refractivity (Wildman–Crippen MR) is 69.7 cm³/mol. The van der Waals surface area contributed by atoms with E-state index in [1.54, 1.807) is 24.3 Å². The van der Waals surface area contributed by atoms with E-state index >= 15 is 0 Å². The third-order valence-corrected chi connectivity index (χ3v) is 3.72. The number of imide groups is 1. The number of nitrogens with zero attached hydrogens (tertiary/aromatic N) is 1. The zero-order valence-electron chi connectivity index (χ0n) is 14.1. The first-order valence-electron chi connectivity index (χ1n) is 5.80. The third kappa shape index (κ3) is 6.16. The average molecular weight is 364 g/mol. The van der Waals surface area contributed by atoms with Crippen molar-refractivity contribution in [3.63, 3.8) is 0 Å². The standard InChI is InChI=1S/C12H13NO5S.2K.2H/c14-11-9-5-1-2-6-10(9)12(15)13(11)7-3-4-8-19(16,17)18;;;;/h1-2,5-6H,3-4,7-8H2,(H,16,17,18);;;;/q;2*+1;2*-1. The summed E-state index contributed by atoms with van der Waals surface area (Å²) in [6.45, 7) is 0.155. The Labute approximate surface area is 211 Å². The van der Waals surface area contributed by atoms with Crippen LogP contribution in [-0.4, -0.2) is 42.0 Å². The topological polar surface area (TPSA) is 91.8 Å². The van der Waals surface area contributed by atoms with Gasteiger partial charge in [-0.2, -0.15) is 8.42 Å². The summed E-state index contributed by atoms with van der Waals surface area (Å²) in [4.78, 5) is 25.0. The van der Waals surface area contributed by atoms with E-state index in [1.165, 1.54) is 0 Å². The molecule has 1 aliphatic rings. The van der Waals surface area contributed by atoms with Crippen molar-refractivity contribution in [1.29, 1.82) is 0 Å². The fraction of sp³-hybridized carbons (Fsp3) is 0.333. The summed E-state index contributed by atoms with van der Waals surface area (Å²) in [7, 11) is -3.99. The Morgan fingerprint density at radius 3 is 1.90 bits per heavy atom. The van der Waals surface area contributed by atoms with Gasteiger partial charge in [0.05, 0.1) is 16.9 Å². The van der Waals surface area contributed by atoms with Gasteiger partial charge in [0.25, 0.3) is 21.9 Å². The van der Waals surface area contributed by atoms with E-state index in [-0.39, 0.29) is 136 Å². The van der Waals surface area contributed by atoms with Gasteiger partial charge < -0.3 is 2.85 Å². The van der Waals surface area contributed by atoms with E-state index in [0.717, 1.165) is 4.90 Å². The average Bonchev–Trinajstić information content (AvgIpc) is 2.58. The van der Waals surface area contributed by atoms with Crippen LogP contribution in [0.3, 0.4) is 0 Å². The van der Waals surface area contributed by atoms with Crippen molar-refractivity contribution in [2.24, 2.45) is 0 Å². The summed E-state index contributed by atoms with van der Waals surface area (Å²) in [6.07, 6.45) is 0.539. The van der Waals surface area contributed by atoms with Crippen LogP contribution in [0.2, 0.25) is 0 Å². The molecular formula is C12H15K2NO5S. The quantitative estimate of drug-likeness (QED) is 0.245. The van der Waals surface area contributed by atoms with Crippen LogP contribution in [0.25, 0.3) is 0 Å². The third-order valence-electron chi connectivity index (χ3n) is 2.91. The molecule has 0 saturated heterocycles. The summed E-state index contributed by atoms with van der Waals surface area (Å²) in [5.41, 5.74) is 0.754. The van der Waals surface area contributed by atoms with Gasteiger partial charge in [-0.1, -0.05) is 12.1 Å². The molecule has 2 rings (SSSR count). The van der Waals surface area contributed by atoms with Gasteiger partial charge in [-0.15, -0.1) is 0 Å². The minimum Gasteiger partial charge on any atom is -1.00 e. The van der Waals surface area contributed by atoms with Gasteiger partial charge in [0.2, 0.25) is 0 Å². The van der Waals surface area contributed by atoms with Crippen molar-refractivity contribution in [3.05, 3.63) is 35.4 Å². The molecule has 9 heteroatoms. The Hall–Kier alpha value is 1.54. The van der Waals surface area contributed by atoms with Crippen molar-refractivity contribution < 1.29 is 128 Å². The number of hydrogen-bond acceptors (Lipinski definition) is 4. The molecule has 0 spiro atoms. The SMILES string of the molecule is O=C1c2ccccc2C(=O)N1CCCCS(=O)(=O)O.[H-].[H-].[K+].[K+]. The maximum Gasteiger partial charge on any atom is 1.00 e. The Bertz CT molecular complexity index is 607. The van der Waals surface area contributed by atoms with Crippen LogP contribution in [-0.2, 0) is 10.1 Å². The van der Waals surface area contributed by atoms with Crippen molar-refractivity contribution in [2.75, 3.05) is 12.3 Å². The molecule has 0 atom stereocenters. The molecule has 1 aromatic rings. The van der Waals surface area contributed by atoms with Crippen LogP contribution in [0, 0.1) is 0 Å². The maximum absolute atomic E-state index is 11.9. The van der Waals surface area contributed by atoms with Crippen molar-refractivity contribution in [1.82, 2.24) is 4.90 Å². The van der Waals surface area contributed by atoms with Crippen LogP contribution < -0.4 is 103 Å². The second-order valence-electron chi connectivity index (χ2n) is 4.30. The minimum atomic E-state index is -3.99. The van der Waals surface area contributed by atoms with Gasteiger partial charge in [-0.05, 0) is 25.0 Å². The van der Waals surface area contributed by atoms with Crippen LogP contribution in [0.15, 0.2) is 24.3 Å². The largest absolute Gasteiger partial charge is 1.00 e. The molecule has 0 fully saturated rings. The van der Waals surface area contributed by atoms with Gasteiger partial charge >= 0.3 is 103 Å². The number of benzene rings is 1. The first-order valence-corrected chi connectivity index (χ1v) is 7.41. The molecule has 0 aromatic heterocycles. The van der Waals surface area contributed by atoms with Crippen molar-refractivity contribution in [3.8, 4) is 0 Å². The Morgan fingerprint density at radius 1 is 1.00 bits per heavy atom. The predicted octanol–water partition coefficient (Wildman–Crippen LogP) is -4.82. The van der Waals surface area contributed by atoms with Gasteiger partial charge in [0, 0.05) is 6.54 Å². The molecule has 0 radical (unpaired) electrons. The van der Waals surface area contributed by atoms with Gasteiger partial charge in [0.15, 0.2) is 0 Å². The summed E-state index contributed by atoms with van der Waals surface area (Å²) >= 11 is 0. The fourth-order valence-electron chi connectivity index (χ4n) is 2.00. The van der Waals surface area contributed by atoms with Gasteiger partial charge in [0.1, 0.15) is 0 Å². The Balaban J connectivity index is -0.000001000. The molecule has 0 aliphatic carbocycles. The molecular weight excluding hydrogens is 348 g/mol.